The second kappa shape index (κ2) is 8.59. The van der Waals surface area contributed by atoms with Crippen LogP contribution in [0.4, 0.5) is 4.39 Å². The van der Waals surface area contributed by atoms with Gasteiger partial charge in [-0.15, -0.1) is 0 Å². The predicted molar refractivity (Wildman–Crippen MR) is 98.7 cm³/mol. The van der Waals surface area contributed by atoms with Gasteiger partial charge in [-0.3, -0.25) is 4.79 Å². The number of hydrogen-bond acceptors (Lipinski definition) is 2. The van der Waals surface area contributed by atoms with Gasteiger partial charge in [0.25, 0.3) is 0 Å². The van der Waals surface area contributed by atoms with Crippen molar-refractivity contribution < 1.29 is 13.9 Å². The predicted octanol–water partition coefficient (Wildman–Crippen LogP) is 4.75. The molecule has 0 aromatic heterocycles. The van der Waals surface area contributed by atoms with Crippen LogP contribution in [-0.4, -0.2) is 18.6 Å². The van der Waals surface area contributed by atoms with Crippen molar-refractivity contribution in [1.82, 2.24) is 5.32 Å². The summed E-state index contributed by atoms with van der Waals surface area (Å²) in [5, 5.41) is 2.91. The lowest BCUT2D eigenvalue weighted by Gasteiger charge is -2.21. The van der Waals surface area contributed by atoms with E-state index >= 15 is 0 Å². The van der Waals surface area contributed by atoms with Crippen LogP contribution in [0.2, 0.25) is 0 Å². The number of hydrogen-bond donors (Lipinski definition) is 1. The van der Waals surface area contributed by atoms with Gasteiger partial charge in [0.15, 0.2) is 0 Å². The molecule has 1 saturated carbocycles. The summed E-state index contributed by atoms with van der Waals surface area (Å²) in [6.07, 6.45) is 4.50. The van der Waals surface area contributed by atoms with Crippen molar-refractivity contribution in [3.8, 4) is 0 Å². The normalized spacial score (nSPS) is 15.9. The lowest BCUT2D eigenvalue weighted by atomic mass is 9.98. The summed E-state index contributed by atoms with van der Waals surface area (Å²) in [6.45, 7) is 0.00610. The molecule has 2 aromatic rings. The molecule has 0 aliphatic heterocycles. The Hall–Kier alpha value is -1.72. The SMILES string of the molecule is O=C(COC1CCCC1)N[C@@H](c1ccccc1)c1ccc(Br)cc1F. The van der Waals surface area contributed by atoms with E-state index in [0.29, 0.717) is 10.0 Å². The second-order valence-corrected chi connectivity index (χ2v) is 7.21. The van der Waals surface area contributed by atoms with Crippen molar-refractivity contribution in [2.24, 2.45) is 0 Å². The van der Waals surface area contributed by atoms with Crippen molar-refractivity contribution in [3.63, 3.8) is 0 Å². The van der Waals surface area contributed by atoms with Crippen molar-refractivity contribution >= 4 is 21.8 Å². The summed E-state index contributed by atoms with van der Waals surface area (Å²) in [5.41, 5.74) is 1.27. The molecule has 1 aliphatic rings. The van der Waals surface area contributed by atoms with Gasteiger partial charge in [0, 0.05) is 10.0 Å². The number of benzene rings is 2. The molecule has 1 fully saturated rings. The van der Waals surface area contributed by atoms with Crippen LogP contribution in [0.25, 0.3) is 0 Å². The Kier molecular flexibility index (Phi) is 6.21. The van der Waals surface area contributed by atoms with Gasteiger partial charge in [0.05, 0.1) is 12.1 Å². The fourth-order valence-corrected chi connectivity index (χ4v) is 3.51. The average Bonchev–Trinajstić information content (AvgIpc) is 3.13. The highest BCUT2D eigenvalue weighted by Gasteiger charge is 2.22. The molecular weight excluding hydrogens is 385 g/mol. The van der Waals surface area contributed by atoms with Gasteiger partial charge < -0.3 is 10.1 Å². The standard InChI is InChI=1S/C20H21BrFNO2/c21-15-10-11-17(18(22)12-15)20(14-6-2-1-3-7-14)23-19(24)13-25-16-8-4-5-9-16/h1-3,6-7,10-12,16,20H,4-5,8-9,13H2,(H,23,24)/t20-/m0/s1. The summed E-state index contributed by atoms with van der Waals surface area (Å²) >= 11 is 3.27. The highest BCUT2D eigenvalue weighted by molar-refractivity contribution is 9.10. The van der Waals surface area contributed by atoms with E-state index < -0.39 is 6.04 Å². The maximum atomic E-state index is 14.5. The first-order chi connectivity index (χ1) is 12.1. The zero-order chi connectivity index (χ0) is 17.6. The lowest BCUT2D eigenvalue weighted by Crippen LogP contribution is -2.33. The van der Waals surface area contributed by atoms with Gasteiger partial charge in [0.2, 0.25) is 5.91 Å². The molecule has 1 N–H and O–H groups in total. The van der Waals surface area contributed by atoms with E-state index in [1.165, 1.54) is 6.07 Å². The first-order valence-corrected chi connectivity index (χ1v) is 9.33. The van der Waals surface area contributed by atoms with Gasteiger partial charge in [-0.2, -0.15) is 0 Å². The van der Waals surface area contributed by atoms with Crippen LogP contribution in [0.5, 0.6) is 0 Å². The van der Waals surface area contributed by atoms with Crippen LogP contribution < -0.4 is 5.32 Å². The number of carbonyl (C=O) groups excluding carboxylic acids is 1. The second-order valence-electron chi connectivity index (χ2n) is 6.29. The Morgan fingerprint density at radius 1 is 1.20 bits per heavy atom. The Bertz CT molecular complexity index is 717. The fraction of sp³-hybridized carbons (Fsp3) is 0.350. The van der Waals surface area contributed by atoms with E-state index in [-0.39, 0.29) is 24.4 Å². The van der Waals surface area contributed by atoms with Crippen molar-refractivity contribution in [2.45, 2.75) is 37.8 Å². The quantitative estimate of drug-likeness (QED) is 0.752. The molecule has 0 saturated heterocycles. The number of rotatable bonds is 6. The minimum atomic E-state index is -0.547. The van der Waals surface area contributed by atoms with E-state index in [0.717, 1.165) is 31.2 Å². The summed E-state index contributed by atoms with van der Waals surface area (Å²) < 4.78 is 20.8. The topological polar surface area (TPSA) is 38.3 Å². The molecule has 132 valence electrons. The van der Waals surface area contributed by atoms with Crippen LogP contribution in [-0.2, 0) is 9.53 Å². The molecule has 0 spiro atoms. The largest absolute Gasteiger partial charge is 0.368 e. The lowest BCUT2D eigenvalue weighted by molar-refractivity contribution is -0.128. The number of amides is 1. The molecule has 25 heavy (non-hydrogen) atoms. The van der Waals surface area contributed by atoms with E-state index in [2.05, 4.69) is 21.2 Å². The number of halogens is 2. The van der Waals surface area contributed by atoms with Gasteiger partial charge in [-0.1, -0.05) is 65.2 Å². The minimum Gasteiger partial charge on any atom is -0.368 e. The van der Waals surface area contributed by atoms with Crippen molar-refractivity contribution in [2.75, 3.05) is 6.61 Å². The molecule has 2 aromatic carbocycles. The third-order valence-electron chi connectivity index (χ3n) is 4.46. The van der Waals surface area contributed by atoms with Crippen LogP contribution in [0.1, 0.15) is 42.9 Å². The van der Waals surface area contributed by atoms with Crippen molar-refractivity contribution in [1.29, 1.82) is 0 Å². The first kappa shape index (κ1) is 18.1. The van der Waals surface area contributed by atoms with Crippen LogP contribution in [0.15, 0.2) is 53.0 Å². The Morgan fingerprint density at radius 3 is 2.60 bits per heavy atom. The van der Waals surface area contributed by atoms with Crippen molar-refractivity contribution in [3.05, 3.63) is 69.9 Å². The molecule has 1 amide bonds. The molecule has 1 aliphatic carbocycles. The maximum Gasteiger partial charge on any atom is 0.246 e. The molecule has 1 atom stereocenters. The summed E-state index contributed by atoms with van der Waals surface area (Å²) in [5.74, 6) is -0.594. The number of carbonyl (C=O) groups is 1. The summed E-state index contributed by atoms with van der Waals surface area (Å²) in [7, 11) is 0. The van der Waals surface area contributed by atoms with Gasteiger partial charge >= 0.3 is 0 Å². The average molecular weight is 406 g/mol. The zero-order valence-corrected chi connectivity index (χ0v) is 15.5. The van der Waals surface area contributed by atoms with Crippen LogP contribution in [0.3, 0.4) is 0 Å². The number of nitrogens with one attached hydrogen (secondary N) is 1. The van der Waals surface area contributed by atoms with Gasteiger partial charge in [-0.25, -0.2) is 4.39 Å². The van der Waals surface area contributed by atoms with Crippen LogP contribution in [0, 0.1) is 5.82 Å². The molecule has 0 bridgehead atoms. The molecular formula is C20H21BrFNO2. The van der Waals surface area contributed by atoms with E-state index in [1.54, 1.807) is 12.1 Å². The maximum absolute atomic E-state index is 14.5. The third kappa shape index (κ3) is 4.89. The zero-order valence-electron chi connectivity index (χ0n) is 13.9. The molecule has 0 radical (unpaired) electrons. The van der Waals surface area contributed by atoms with Crippen LogP contribution >= 0.6 is 15.9 Å². The van der Waals surface area contributed by atoms with E-state index in [1.807, 2.05) is 30.3 Å². The number of ether oxygens (including phenoxy) is 1. The Morgan fingerprint density at radius 2 is 1.92 bits per heavy atom. The minimum absolute atomic E-state index is 0.00610. The smallest absolute Gasteiger partial charge is 0.246 e. The van der Waals surface area contributed by atoms with E-state index in [4.69, 9.17) is 4.74 Å². The Balaban J connectivity index is 1.75. The fourth-order valence-electron chi connectivity index (χ4n) is 3.17. The molecule has 0 heterocycles. The summed E-state index contributed by atoms with van der Waals surface area (Å²) in [4.78, 5) is 12.4. The molecule has 0 unspecified atom stereocenters. The highest BCUT2D eigenvalue weighted by Crippen LogP contribution is 2.27. The highest BCUT2D eigenvalue weighted by atomic mass is 79.9. The van der Waals surface area contributed by atoms with Gasteiger partial charge in [0.1, 0.15) is 12.4 Å². The molecule has 3 rings (SSSR count). The van der Waals surface area contributed by atoms with Gasteiger partial charge in [-0.05, 0) is 30.5 Å². The van der Waals surface area contributed by atoms with E-state index in [9.17, 15) is 9.18 Å². The molecule has 3 nitrogen and oxygen atoms in total. The first-order valence-electron chi connectivity index (χ1n) is 8.54. The molecule has 5 heteroatoms. The third-order valence-corrected chi connectivity index (χ3v) is 4.96. The Labute approximate surface area is 155 Å². The monoisotopic (exact) mass is 405 g/mol. The summed E-state index contributed by atoms with van der Waals surface area (Å²) in [6, 6.07) is 13.7.